The molecule has 0 saturated heterocycles. The molecule has 25 rings (SSSR count). The van der Waals surface area contributed by atoms with Gasteiger partial charge in [-0.15, -0.1) is 0 Å². The lowest BCUT2D eigenvalue weighted by molar-refractivity contribution is 0.417. The molecule has 0 atom stereocenters. The summed E-state index contributed by atoms with van der Waals surface area (Å²) in [6, 6.07) is 154. The normalized spacial score (nSPS) is 13.4. The van der Waals surface area contributed by atoms with E-state index in [4.69, 9.17) is 28.4 Å². The average molecular weight is 1800 g/mol. The molecule has 6 aliphatic rings. The summed E-state index contributed by atoms with van der Waals surface area (Å²) in [6.45, 7) is 26.2. The second-order valence-electron chi connectivity index (χ2n) is 37.5. The second-order valence-corrected chi connectivity index (χ2v) is 37.5. The summed E-state index contributed by atoms with van der Waals surface area (Å²) in [4.78, 5) is 6.81. The molecule has 0 amide bonds. The molecule has 138 heavy (non-hydrogen) atoms. The maximum Gasteiger partial charge on any atom is 0.154 e. The summed E-state index contributed by atoms with van der Waals surface area (Å²) >= 11 is 0. The smallest absolute Gasteiger partial charge is 0.154 e. The van der Waals surface area contributed by atoms with E-state index in [9.17, 15) is 0 Å². The van der Waals surface area contributed by atoms with Crippen molar-refractivity contribution in [2.24, 2.45) is 0 Å². The highest BCUT2D eigenvalue weighted by Gasteiger charge is 2.39. The molecule has 19 aromatic rings. The summed E-state index contributed by atoms with van der Waals surface area (Å²) in [5.74, 6) is 11.2. The number of benzene rings is 19. The lowest BCUT2D eigenvalue weighted by atomic mass is 9.75. The molecule has 676 valence electrons. The van der Waals surface area contributed by atoms with Gasteiger partial charge in [0.05, 0.1) is 34.1 Å². The molecule has 0 radical (unpaired) electrons. The number of para-hydroxylation sites is 11. The Morgan fingerprint density at radius 1 is 0.167 bits per heavy atom. The lowest BCUT2D eigenvalue weighted by Gasteiger charge is -2.35. The maximum absolute atomic E-state index is 6.33. The van der Waals surface area contributed by atoms with Crippen molar-refractivity contribution in [2.45, 2.75) is 99.3 Å². The largest absolute Gasteiger partial charge is 0.457 e. The van der Waals surface area contributed by atoms with Crippen LogP contribution in [-0.2, 0) is 16.2 Å². The van der Waals surface area contributed by atoms with Crippen LogP contribution in [0.4, 0.5) is 51.2 Å². The number of hydrogen-bond donors (Lipinski definition) is 0. The molecular weight excluding hydrogens is 1690 g/mol. The summed E-state index contributed by atoms with van der Waals surface area (Å²) < 4.78 is 36.8. The Morgan fingerprint density at radius 3 is 0.978 bits per heavy atom. The third kappa shape index (κ3) is 17.9. The van der Waals surface area contributed by atoms with E-state index in [0.29, 0.717) is 0 Å². The van der Waals surface area contributed by atoms with E-state index in [1.54, 1.807) is 0 Å². The number of ether oxygens (including phenoxy) is 6. The molecule has 6 aliphatic heterocycles. The fraction of sp³-hybridized carbons (Fsp3) is 0.116. The van der Waals surface area contributed by atoms with E-state index < -0.39 is 0 Å². The van der Waals surface area contributed by atoms with Gasteiger partial charge in [0, 0.05) is 72.3 Å². The number of aryl methyl sites for hydroxylation is 6. The Labute approximate surface area is 811 Å². The fourth-order valence-corrected chi connectivity index (χ4v) is 19.3. The van der Waals surface area contributed by atoms with Crippen molar-refractivity contribution in [3.63, 3.8) is 0 Å². The molecule has 0 aromatic heterocycles. The van der Waals surface area contributed by atoms with Crippen LogP contribution in [-0.4, -0.2) is 0 Å². The number of anilines is 9. The third-order valence-electron chi connectivity index (χ3n) is 26.8. The van der Waals surface area contributed by atoms with Crippen LogP contribution in [0, 0.1) is 41.5 Å². The van der Waals surface area contributed by atoms with Crippen LogP contribution in [0.25, 0.3) is 44.5 Å². The molecule has 0 spiro atoms. The van der Waals surface area contributed by atoms with E-state index >= 15 is 0 Å². The fourth-order valence-electron chi connectivity index (χ4n) is 19.3. The number of fused-ring (bicyclic) bond motifs is 12. The first-order valence-corrected chi connectivity index (χ1v) is 47.4. The Bertz CT molecular complexity index is 7570. The molecule has 6 heterocycles. The molecule has 9 nitrogen and oxygen atoms in total. The van der Waals surface area contributed by atoms with Crippen LogP contribution in [0.1, 0.15) is 108 Å². The molecule has 9 heteroatoms. The minimum absolute atomic E-state index is 0.0101. The SMILES string of the molecule is Cc1ccc(-c2cccc3c2Oc2ccccc2C3(C)C)cc1.Cc1ccc2c(c1)C(C)(C)c1ccccc1O2.Cc1ccc2c(c1)N(c1ccc(-c3ccccc3)cc1)c1ccccc1O2.Cc1ccc2c(c1)Oc1ccccc1C2(C)C.Cc1ccc2c(c1)Oc1ccccc1N2c1ccc(-c2ccccc2)cc1.Cc1cccc2c1Oc1ccccc1N2c1ccc(-c2ccccc2)cc1. The number of rotatable bonds is 7. The van der Waals surface area contributed by atoms with Crippen LogP contribution >= 0.6 is 0 Å². The van der Waals surface area contributed by atoms with Gasteiger partial charge in [0.1, 0.15) is 34.5 Å². The van der Waals surface area contributed by atoms with Gasteiger partial charge in [0.15, 0.2) is 34.5 Å². The van der Waals surface area contributed by atoms with Gasteiger partial charge >= 0.3 is 0 Å². The highest BCUT2D eigenvalue weighted by atomic mass is 16.5. The van der Waals surface area contributed by atoms with E-state index in [1.807, 2.05) is 109 Å². The summed E-state index contributed by atoms with van der Waals surface area (Å²) in [5.41, 5.74) is 34.2. The summed E-state index contributed by atoms with van der Waals surface area (Å²) in [6.07, 6.45) is 0. The van der Waals surface area contributed by atoms with Gasteiger partial charge in [-0.05, 0) is 236 Å². The quantitative estimate of drug-likeness (QED) is 0.155. The third-order valence-corrected chi connectivity index (χ3v) is 26.8. The van der Waals surface area contributed by atoms with E-state index in [1.165, 1.54) is 100 Å². The summed E-state index contributed by atoms with van der Waals surface area (Å²) in [7, 11) is 0. The van der Waals surface area contributed by atoms with E-state index in [0.717, 1.165) is 131 Å². The minimum atomic E-state index is -0.0646. The molecule has 0 fully saturated rings. The van der Waals surface area contributed by atoms with Crippen LogP contribution in [0.15, 0.2) is 443 Å². The van der Waals surface area contributed by atoms with Gasteiger partial charge in [0.2, 0.25) is 0 Å². The van der Waals surface area contributed by atoms with Crippen LogP contribution in [0.3, 0.4) is 0 Å². The van der Waals surface area contributed by atoms with Crippen molar-refractivity contribution in [1.29, 1.82) is 0 Å². The Hall–Kier alpha value is -16.6. The summed E-state index contributed by atoms with van der Waals surface area (Å²) in [5, 5.41) is 0. The van der Waals surface area contributed by atoms with Gasteiger partial charge in [-0.2, -0.15) is 0 Å². The molecular formula is C129H109N3O6. The molecule has 0 bridgehead atoms. The van der Waals surface area contributed by atoms with E-state index in [2.05, 4.69) is 431 Å². The predicted octanol–water partition coefficient (Wildman–Crippen LogP) is 36.7. The monoisotopic (exact) mass is 1800 g/mol. The van der Waals surface area contributed by atoms with Crippen molar-refractivity contribution in [2.75, 3.05) is 14.7 Å². The zero-order chi connectivity index (χ0) is 94.8. The van der Waals surface area contributed by atoms with Crippen molar-refractivity contribution in [3.8, 4) is 114 Å². The Balaban J connectivity index is 0.000000103. The first-order chi connectivity index (χ1) is 67.1. The number of nitrogens with zero attached hydrogens (tertiary/aromatic N) is 3. The Morgan fingerprint density at radius 2 is 0.464 bits per heavy atom. The minimum Gasteiger partial charge on any atom is -0.457 e. The zero-order valence-corrected chi connectivity index (χ0v) is 79.9. The van der Waals surface area contributed by atoms with Gasteiger partial charge < -0.3 is 43.1 Å². The van der Waals surface area contributed by atoms with Crippen molar-refractivity contribution >= 4 is 51.2 Å². The van der Waals surface area contributed by atoms with Gasteiger partial charge in [-0.25, -0.2) is 0 Å². The van der Waals surface area contributed by atoms with Crippen molar-refractivity contribution in [3.05, 3.63) is 510 Å². The van der Waals surface area contributed by atoms with Crippen molar-refractivity contribution in [1.82, 2.24) is 0 Å². The highest BCUT2D eigenvalue weighted by Crippen LogP contribution is 2.58. The first-order valence-electron chi connectivity index (χ1n) is 47.4. The van der Waals surface area contributed by atoms with Crippen LogP contribution < -0.4 is 43.1 Å². The topological polar surface area (TPSA) is 65.1 Å². The molecule has 19 aromatic carbocycles. The van der Waals surface area contributed by atoms with Gasteiger partial charge in [-0.1, -0.05) is 362 Å². The average Bonchev–Trinajstić information content (AvgIpc) is 0.748. The van der Waals surface area contributed by atoms with Gasteiger partial charge in [-0.3, -0.25) is 0 Å². The second kappa shape index (κ2) is 38.0. The van der Waals surface area contributed by atoms with Crippen molar-refractivity contribution < 1.29 is 28.4 Å². The molecule has 0 saturated carbocycles. The zero-order valence-electron chi connectivity index (χ0n) is 79.9. The maximum atomic E-state index is 6.33. The molecule has 0 N–H and O–H groups in total. The molecule has 0 aliphatic carbocycles. The first kappa shape index (κ1) is 89.3. The predicted molar refractivity (Wildman–Crippen MR) is 569 cm³/mol. The van der Waals surface area contributed by atoms with Gasteiger partial charge in [0.25, 0.3) is 0 Å². The number of hydrogen-bond acceptors (Lipinski definition) is 9. The Kier molecular flexibility index (Phi) is 24.6. The van der Waals surface area contributed by atoms with Crippen LogP contribution in [0.5, 0.6) is 69.0 Å². The molecule has 0 unspecified atom stereocenters. The van der Waals surface area contributed by atoms with Crippen LogP contribution in [0.2, 0.25) is 0 Å². The lowest BCUT2D eigenvalue weighted by Crippen LogP contribution is -2.24. The van der Waals surface area contributed by atoms with E-state index in [-0.39, 0.29) is 16.2 Å². The highest BCUT2D eigenvalue weighted by molar-refractivity contribution is 5.91. The standard InChI is InChI=1S/3C25H19NO.C22H20O.2C16H16O/c1-18-8-7-12-23-25(18)27-24-13-6-5-11-22(24)26(23)21-16-14-20(15-17-21)19-9-3-2-4-10-19;1-18-11-16-25-23(17-18)26(22-9-5-6-10-24(22)27-25)21-14-12-20(13-15-21)19-7-3-2-4-8-19;1-18-11-16-23-25(17-18)27-24-10-6-5-9-22(24)26(23)21-14-12-20(13-15-21)19-7-3-2-4-8-19;1-15-11-13-16(14-12-15)17-7-6-9-19-21(17)23-20-10-5-4-8-18(20)22(19,2)3;1-11-8-9-15-13(10-11)16(2,3)12-6-4-5-7-14(12)17-15;1-11-8-9-13-15(10-11)17-14-7-5-4-6-12(14)16(13,2)3/h3*2-17H,1H3;4-14H,1-3H3;2*4-10H,1-3H3.